The maximum absolute atomic E-state index is 12.4. The highest BCUT2D eigenvalue weighted by molar-refractivity contribution is 8.00. The second-order valence-electron chi connectivity index (χ2n) is 5.72. The molecule has 1 amide bonds. The average molecular weight is 360 g/mol. The van der Waals surface area contributed by atoms with E-state index in [1.165, 1.54) is 11.9 Å². The van der Waals surface area contributed by atoms with Gasteiger partial charge >= 0.3 is 0 Å². The van der Waals surface area contributed by atoms with Crippen LogP contribution < -0.4 is 10.0 Å². The van der Waals surface area contributed by atoms with Gasteiger partial charge in [0, 0.05) is 27.2 Å². The van der Waals surface area contributed by atoms with Gasteiger partial charge in [0.15, 0.2) is 0 Å². The fourth-order valence-electron chi connectivity index (χ4n) is 2.52. The highest BCUT2D eigenvalue weighted by Gasteiger charge is 2.08. The number of carbonyl (C=O) groups excluding carboxylic acids is 1. The van der Waals surface area contributed by atoms with Gasteiger partial charge in [-0.2, -0.15) is 5.10 Å². The smallest absolute Gasteiger partial charge is 0.255 e. The first-order valence-electron chi connectivity index (χ1n) is 8.10. The molecule has 4 aromatic rings. The number of amides is 1. The van der Waals surface area contributed by atoms with E-state index in [9.17, 15) is 4.79 Å². The summed E-state index contributed by atoms with van der Waals surface area (Å²) in [5.41, 5.74) is 3.31. The Hall–Kier alpha value is -3.25. The predicted molar refractivity (Wildman–Crippen MR) is 106 cm³/mol. The second-order valence-corrected chi connectivity index (χ2v) is 6.60. The van der Waals surface area contributed by atoms with Crippen LogP contribution in [0.4, 0.5) is 11.4 Å². The van der Waals surface area contributed by atoms with Crippen LogP contribution in [0.5, 0.6) is 0 Å². The van der Waals surface area contributed by atoms with Crippen molar-refractivity contribution in [1.82, 2.24) is 10.2 Å². The minimum Gasteiger partial charge on any atom is -0.326 e. The van der Waals surface area contributed by atoms with Gasteiger partial charge in [0.2, 0.25) is 0 Å². The van der Waals surface area contributed by atoms with E-state index in [0.717, 1.165) is 27.2 Å². The van der Waals surface area contributed by atoms with Gasteiger partial charge in [0.25, 0.3) is 5.91 Å². The summed E-state index contributed by atoms with van der Waals surface area (Å²) < 4.78 is 3.28. The molecule has 0 bridgehead atoms. The number of nitrogens with zero attached hydrogens (tertiary/aromatic N) is 1. The van der Waals surface area contributed by atoms with Crippen molar-refractivity contribution in [1.29, 1.82) is 0 Å². The third kappa shape index (κ3) is 3.70. The molecule has 5 nitrogen and oxygen atoms in total. The molecular formula is C20H16N4OS. The summed E-state index contributed by atoms with van der Waals surface area (Å²) in [4.78, 5) is 13.5. The molecule has 0 unspecified atom stereocenters. The van der Waals surface area contributed by atoms with E-state index in [2.05, 4.69) is 20.2 Å². The van der Waals surface area contributed by atoms with E-state index in [1.54, 1.807) is 12.3 Å². The number of para-hydroxylation sites is 1. The zero-order valence-electron chi connectivity index (χ0n) is 13.8. The highest BCUT2D eigenvalue weighted by atomic mass is 32.2. The van der Waals surface area contributed by atoms with Gasteiger partial charge in [-0.15, -0.1) is 0 Å². The van der Waals surface area contributed by atoms with E-state index in [-0.39, 0.29) is 5.91 Å². The summed E-state index contributed by atoms with van der Waals surface area (Å²) in [7, 11) is 0. The lowest BCUT2D eigenvalue weighted by molar-refractivity contribution is 0.102. The zero-order valence-corrected chi connectivity index (χ0v) is 14.6. The van der Waals surface area contributed by atoms with Crippen LogP contribution in [0.15, 0.2) is 83.9 Å². The standard InChI is InChI=1S/C20H16N4OS/c25-20(14-6-11-19-15(12-14)13-21-23-19)22-16-7-9-18(10-8-16)26-24-17-4-2-1-3-5-17/h1-13,24H,(H,21,23)(H,22,25). The molecule has 0 saturated heterocycles. The third-order valence-electron chi connectivity index (χ3n) is 3.88. The molecule has 0 radical (unpaired) electrons. The number of anilines is 2. The number of carbonyl (C=O) groups is 1. The van der Waals surface area contributed by atoms with Crippen molar-refractivity contribution in [3.05, 3.63) is 84.6 Å². The molecule has 3 aromatic carbocycles. The SMILES string of the molecule is O=C(Nc1ccc(SNc2ccccc2)cc1)c1ccc2[nH]ncc2c1. The number of hydrogen-bond acceptors (Lipinski definition) is 4. The van der Waals surface area contributed by atoms with Gasteiger partial charge in [0.05, 0.1) is 11.7 Å². The monoisotopic (exact) mass is 360 g/mol. The third-order valence-corrected chi connectivity index (χ3v) is 4.72. The zero-order chi connectivity index (χ0) is 17.8. The van der Waals surface area contributed by atoms with Crippen LogP contribution in [0.2, 0.25) is 0 Å². The Morgan fingerprint density at radius 3 is 2.54 bits per heavy atom. The number of aromatic amines is 1. The van der Waals surface area contributed by atoms with E-state index < -0.39 is 0 Å². The van der Waals surface area contributed by atoms with Gasteiger partial charge in [-0.1, -0.05) is 18.2 Å². The first-order valence-corrected chi connectivity index (χ1v) is 8.92. The van der Waals surface area contributed by atoms with Crippen LogP contribution in [0, 0.1) is 0 Å². The van der Waals surface area contributed by atoms with Crippen LogP contribution in [0.3, 0.4) is 0 Å². The molecule has 0 fully saturated rings. The molecule has 0 spiro atoms. The first-order chi connectivity index (χ1) is 12.8. The van der Waals surface area contributed by atoms with Crippen LogP contribution in [0.1, 0.15) is 10.4 Å². The summed E-state index contributed by atoms with van der Waals surface area (Å²) in [5.74, 6) is -0.143. The fraction of sp³-hybridized carbons (Fsp3) is 0. The number of aromatic nitrogens is 2. The summed E-state index contributed by atoms with van der Waals surface area (Å²) >= 11 is 1.53. The number of fused-ring (bicyclic) bond motifs is 1. The Morgan fingerprint density at radius 2 is 1.73 bits per heavy atom. The van der Waals surface area contributed by atoms with Gasteiger partial charge in [-0.25, -0.2) is 0 Å². The van der Waals surface area contributed by atoms with Crippen molar-refractivity contribution in [2.45, 2.75) is 4.90 Å². The average Bonchev–Trinajstić information content (AvgIpc) is 3.16. The molecule has 3 N–H and O–H groups in total. The van der Waals surface area contributed by atoms with Gasteiger partial charge in [-0.05, 0) is 66.5 Å². The number of rotatable bonds is 5. The van der Waals surface area contributed by atoms with E-state index in [4.69, 9.17) is 0 Å². The fourth-order valence-corrected chi connectivity index (χ4v) is 3.16. The lowest BCUT2D eigenvalue weighted by atomic mass is 10.1. The maximum Gasteiger partial charge on any atom is 0.255 e. The first kappa shape index (κ1) is 16.2. The molecule has 1 aromatic heterocycles. The molecule has 0 saturated carbocycles. The van der Waals surface area contributed by atoms with Crippen molar-refractivity contribution in [3.63, 3.8) is 0 Å². The van der Waals surface area contributed by atoms with Crippen molar-refractivity contribution in [2.24, 2.45) is 0 Å². The Morgan fingerprint density at radius 1 is 0.923 bits per heavy atom. The molecule has 6 heteroatoms. The van der Waals surface area contributed by atoms with E-state index in [1.807, 2.05) is 66.7 Å². The topological polar surface area (TPSA) is 69.8 Å². The molecule has 1 heterocycles. The van der Waals surface area contributed by atoms with E-state index >= 15 is 0 Å². The number of benzene rings is 3. The minimum absolute atomic E-state index is 0.143. The molecular weight excluding hydrogens is 344 g/mol. The number of hydrogen-bond donors (Lipinski definition) is 3. The van der Waals surface area contributed by atoms with Crippen LogP contribution in [-0.2, 0) is 0 Å². The van der Waals surface area contributed by atoms with Gasteiger partial charge < -0.3 is 10.0 Å². The molecule has 0 aliphatic heterocycles. The van der Waals surface area contributed by atoms with Crippen LogP contribution >= 0.6 is 11.9 Å². The molecule has 4 rings (SSSR count). The second kappa shape index (κ2) is 7.33. The highest BCUT2D eigenvalue weighted by Crippen LogP contribution is 2.23. The molecule has 0 aliphatic rings. The maximum atomic E-state index is 12.4. The molecule has 128 valence electrons. The van der Waals surface area contributed by atoms with Crippen molar-refractivity contribution in [3.8, 4) is 0 Å². The van der Waals surface area contributed by atoms with Crippen LogP contribution in [-0.4, -0.2) is 16.1 Å². The van der Waals surface area contributed by atoms with Gasteiger partial charge in [0.1, 0.15) is 0 Å². The van der Waals surface area contributed by atoms with Crippen molar-refractivity contribution >= 4 is 40.1 Å². The lowest BCUT2D eigenvalue weighted by Crippen LogP contribution is -2.11. The normalized spacial score (nSPS) is 10.6. The Bertz CT molecular complexity index is 1030. The predicted octanol–water partition coefficient (Wildman–Crippen LogP) is 4.93. The summed E-state index contributed by atoms with van der Waals surface area (Å²) in [5, 5.41) is 10.7. The van der Waals surface area contributed by atoms with Gasteiger partial charge in [-0.3, -0.25) is 9.89 Å². The largest absolute Gasteiger partial charge is 0.326 e. The quantitative estimate of drug-likeness (QED) is 0.441. The minimum atomic E-state index is -0.143. The molecule has 0 atom stereocenters. The summed E-state index contributed by atoms with van der Waals surface area (Å²) in [6.07, 6.45) is 1.71. The van der Waals surface area contributed by atoms with Crippen molar-refractivity contribution < 1.29 is 4.79 Å². The number of H-pyrrole nitrogens is 1. The number of nitrogens with one attached hydrogen (secondary N) is 3. The molecule has 0 aliphatic carbocycles. The van der Waals surface area contributed by atoms with Crippen molar-refractivity contribution in [2.75, 3.05) is 10.0 Å². The summed E-state index contributed by atoms with van der Waals surface area (Å²) in [6.45, 7) is 0. The summed E-state index contributed by atoms with van der Waals surface area (Å²) in [6, 6.07) is 23.2. The van der Waals surface area contributed by atoms with E-state index in [0.29, 0.717) is 5.56 Å². The van der Waals surface area contributed by atoms with Crippen LogP contribution in [0.25, 0.3) is 10.9 Å². The Balaban J connectivity index is 1.39. The lowest BCUT2D eigenvalue weighted by Gasteiger charge is -2.08. The Labute approximate surface area is 155 Å². The molecule has 26 heavy (non-hydrogen) atoms. The Kier molecular flexibility index (Phi) is 4.57.